The molecule has 0 aliphatic carbocycles. The van der Waals surface area contributed by atoms with Gasteiger partial charge in [-0.15, -0.1) is 0 Å². The summed E-state index contributed by atoms with van der Waals surface area (Å²) in [5.74, 6) is 0.767. The van der Waals surface area contributed by atoms with Crippen LogP contribution in [0, 0.1) is 5.82 Å². The largest absolute Gasteiger partial charge is 0.457 e. The smallest absolute Gasteiger partial charge is 0.137 e. The Hall–Kier alpha value is -1.10. The zero-order chi connectivity index (χ0) is 14.0. The Labute approximate surface area is 124 Å². The van der Waals surface area contributed by atoms with Gasteiger partial charge in [0, 0.05) is 11.1 Å². The van der Waals surface area contributed by atoms with Crippen LogP contribution in [-0.2, 0) is 0 Å². The molecule has 2 rings (SSSR count). The third-order valence-corrected chi connectivity index (χ3v) is 3.52. The second-order valence-corrected chi connectivity index (χ2v) is 5.41. The summed E-state index contributed by atoms with van der Waals surface area (Å²) in [7, 11) is 0. The molecule has 0 aliphatic heterocycles. The van der Waals surface area contributed by atoms with Crippen LogP contribution in [0.2, 0.25) is 5.02 Å². The predicted molar refractivity (Wildman–Crippen MR) is 78.2 cm³/mol. The minimum atomic E-state index is -0.335. The van der Waals surface area contributed by atoms with Gasteiger partial charge in [0.1, 0.15) is 17.3 Å². The van der Waals surface area contributed by atoms with Gasteiger partial charge in [-0.25, -0.2) is 4.39 Å². The fraction of sp³-hybridized carbons (Fsp3) is 0.143. The van der Waals surface area contributed by atoms with Gasteiger partial charge >= 0.3 is 0 Å². The van der Waals surface area contributed by atoms with Gasteiger partial charge in [-0.05, 0) is 58.7 Å². The molecular weight excluding hydrogens is 333 g/mol. The van der Waals surface area contributed by atoms with Crippen molar-refractivity contribution in [1.82, 2.24) is 0 Å². The number of hydrogen-bond acceptors (Lipinski definition) is 2. The Bertz CT molecular complexity index is 604. The van der Waals surface area contributed by atoms with E-state index in [4.69, 9.17) is 22.1 Å². The quantitative estimate of drug-likeness (QED) is 0.845. The molecule has 0 fully saturated rings. The number of halogens is 3. The molecule has 0 heterocycles. The lowest BCUT2D eigenvalue weighted by Crippen LogP contribution is -2.05. The highest BCUT2D eigenvalue weighted by Gasteiger charge is 2.08. The summed E-state index contributed by atoms with van der Waals surface area (Å²) in [5.41, 5.74) is 6.64. The van der Waals surface area contributed by atoms with Gasteiger partial charge < -0.3 is 10.5 Å². The van der Waals surface area contributed by atoms with Crippen molar-refractivity contribution in [3.05, 3.63) is 57.3 Å². The Morgan fingerprint density at radius 2 is 1.84 bits per heavy atom. The summed E-state index contributed by atoms with van der Waals surface area (Å²) in [4.78, 5) is 0. The molecule has 2 N–H and O–H groups in total. The SMILES string of the molecule is CC(N)c1ccc(Oc2ccc(F)c(Br)c2)cc1Cl. The Balaban J connectivity index is 2.24. The Kier molecular flexibility index (Phi) is 4.45. The van der Waals surface area contributed by atoms with Gasteiger partial charge in [-0.3, -0.25) is 0 Å². The van der Waals surface area contributed by atoms with Gasteiger partial charge in [0.25, 0.3) is 0 Å². The number of rotatable bonds is 3. The average Bonchev–Trinajstić information content (AvgIpc) is 2.33. The van der Waals surface area contributed by atoms with E-state index in [0.29, 0.717) is 21.0 Å². The van der Waals surface area contributed by atoms with Crippen LogP contribution in [0.15, 0.2) is 40.9 Å². The lowest BCUT2D eigenvalue weighted by atomic mass is 10.1. The first-order chi connectivity index (χ1) is 8.97. The highest BCUT2D eigenvalue weighted by Crippen LogP contribution is 2.30. The fourth-order valence-electron chi connectivity index (χ4n) is 1.62. The molecular formula is C14H12BrClFNO. The van der Waals surface area contributed by atoms with Crippen LogP contribution in [0.25, 0.3) is 0 Å². The maximum Gasteiger partial charge on any atom is 0.137 e. The van der Waals surface area contributed by atoms with E-state index in [1.54, 1.807) is 24.3 Å². The molecule has 19 heavy (non-hydrogen) atoms. The molecule has 5 heteroatoms. The molecule has 1 atom stereocenters. The van der Waals surface area contributed by atoms with Crippen molar-refractivity contribution in [2.45, 2.75) is 13.0 Å². The van der Waals surface area contributed by atoms with Crippen molar-refractivity contribution in [2.24, 2.45) is 5.73 Å². The lowest BCUT2D eigenvalue weighted by molar-refractivity contribution is 0.479. The molecule has 0 aromatic heterocycles. The summed E-state index contributed by atoms with van der Waals surface area (Å²) in [6.45, 7) is 1.86. The molecule has 2 nitrogen and oxygen atoms in total. The first kappa shape index (κ1) is 14.3. The maximum absolute atomic E-state index is 13.1. The number of hydrogen-bond donors (Lipinski definition) is 1. The minimum absolute atomic E-state index is 0.137. The minimum Gasteiger partial charge on any atom is -0.457 e. The van der Waals surface area contributed by atoms with Crippen LogP contribution in [0.5, 0.6) is 11.5 Å². The van der Waals surface area contributed by atoms with Crippen LogP contribution in [0.4, 0.5) is 4.39 Å². The lowest BCUT2D eigenvalue weighted by Gasteiger charge is -2.11. The van der Waals surface area contributed by atoms with Gasteiger partial charge in [0.05, 0.1) is 4.47 Å². The molecule has 0 saturated heterocycles. The van der Waals surface area contributed by atoms with Crippen LogP contribution in [-0.4, -0.2) is 0 Å². The van der Waals surface area contributed by atoms with E-state index in [0.717, 1.165) is 5.56 Å². The van der Waals surface area contributed by atoms with Crippen molar-refractivity contribution in [3.8, 4) is 11.5 Å². The van der Waals surface area contributed by atoms with Gasteiger partial charge in [-0.1, -0.05) is 17.7 Å². The average molecular weight is 345 g/mol. The predicted octanol–water partition coefficient (Wildman–Crippen LogP) is 5.05. The number of ether oxygens (including phenoxy) is 1. The number of benzene rings is 2. The number of nitrogens with two attached hydrogens (primary N) is 1. The fourth-order valence-corrected chi connectivity index (χ4v) is 2.32. The van der Waals surface area contributed by atoms with Crippen LogP contribution >= 0.6 is 27.5 Å². The molecule has 1 unspecified atom stereocenters. The summed E-state index contributed by atoms with van der Waals surface area (Å²) >= 11 is 9.22. The van der Waals surface area contributed by atoms with Crippen molar-refractivity contribution in [1.29, 1.82) is 0 Å². The second-order valence-electron chi connectivity index (χ2n) is 4.15. The van der Waals surface area contributed by atoms with Crippen molar-refractivity contribution in [3.63, 3.8) is 0 Å². The molecule has 0 bridgehead atoms. The van der Waals surface area contributed by atoms with E-state index in [-0.39, 0.29) is 11.9 Å². The molecule has 100 valence electrons. The molecule has 0 aliphatic rings. The van der Waals surface area contributed by atoms with Gasteiger partial charge in [0.2, 0.25) is 0 Å². The van der Waals surface area contributed by atoms with Crippen molar-refractivity contribution in [2.75, 3.05) is 0 Å². The normalized spacial score (nSPS) is 12.3. The monoisotopic (exact) mass is 343 g/mol. The zero-order valence-electron chi connectivity index (χ0n) is 10.2. The third kappa shape index (κ3) is 3.47. The summed E-state index contributed by atoms with van der Waals surface area (Å²) < 4.78 is 19.1. The summed E-state index contributed by atoms with van der Waals surface area (Å²) in [6, 6.07) is 9.59. The topological polar surface area (TPSA) is 35.2 Å². The molecule has 0 amide bonds. The Morgan fingerprint density at radius 3 is 2.42 bits per heavy atom. The third-order valence-electron chi connectivity index (χ3n) is 2.59. The Morgan fingerprint density at radius 1 is 1.21 bits per heavy atom. The molecule has 0 saturated carbocycles. The van der Waals surface area contributed by atoms with Crippen molar-refractivity contribution >= 4 is 27.5 Å². The van der Waals surface area contributed by atoms with E-state index >= 15 is 0 Å². The maximum atomic E-state index is 13.1. The molecule has 2 aromatic carbocycles. The second kappa shape index (κ2) is 5.90. The first-order valence-electron chi connectivity index (χ1n) is 5.65. The van der Waals surface area contributed by atoms with E-state index < -0.39 is 0 Å². The molecule has 0 spiro atoms. The molecule has 2 aromatic rings. The first-order valence-corrected chi connectivity index (χ1v) is 6.82. The van der Waals surface area contributed by atoms with Gasteiger partial charge in [0.15, 0.2) is 0 Å². The van der Waals surface area contributed by atoms with E-state index in [1.807, 2.05) is 13.0 Å². The van der Waals surface area contributed by atoms with E-state index in [2.05, 4.69) is 15.9 Å². The standard InChI is InChI=1S/C14H12BrClFNO/c1-8(18)11-4-2-10(7-13(11)16)19-9-3-5-14(17)12(15)6-9/h2-8H,18H2,1H3. The van der Waals surface area contributed by atoms with Gasteiger partial charge in [-0.2, -0.15) is 0 Å². The highest BCUT2D eigenvalue weighted by atomic mass is 79.9. The zero-order valence-corrected chi connectivity index (χ0v) is 12.5. The van der Waals surface area contributed by atoms with E-state index in [9.17, 15) is 4.39 Å². The van der Waals surface area contributed by atoms with Crippen LogP contribution < -0.4 is 10.5 Å². The van der Waals surface area contributed by atoms with E-state index in [1.165, 1.54) is 6.07 Å². The van der Waals surface area contributed by atoms with Crippen molar-refractivity contribution < 1.29 is 9.13 Å². The van der Waals surface area contributed by atoms with Crippen LogP contribution in [0.1, 0.15) is 18.5 Å². The highest BCUT2D eigenvalue weighted by molar-refractivity contribution is 9.10. The summed E-state index contributed by atoms with van der Waals surface area (Å²) in [5, 5.41) is 0.550. The van der Waals surface area contributed by atoms with Crippen LogP contribution in [0.3, 0.4) is 0 Å². The summed E-state index contributed by atoms with van der Waals surface area (Å²) in [6.07, 6.45) is 0. The molecule has 0 radical (unpaired) electrons.